The van der Waals surface area contributed by atoms with Crippen LogP contribution in [0.15, 0.2) is 177 Å². The Morgan fingerprint density at radius 2 is 1.28 bits per heavy atom. The Kier molecular flexibility index (Phi) is 6.69. The Bertz CT molecular complexity index is 3060. The van der Waals surface area contributed by atoms with Crippen LogP contribution in [0.3, 0.4) is 0 Å². The molecule has 0 fully saturated rings. The van der Waals surface area contributed by atoms with Crippen molar-refractivity contribution in [3.63, 3.8) is 0 Å². The molecule has 1 aliphatic rings. The highest BCUT2D eigenvalue weighted by molar-refractivity contribution is 7.26. The van der Waals surface area contributed by atoms with Gasteiger partial charge in [0.05, 0.1) is 0 Å². The zero-order valence-electron chi connectivity index (χ0n) is 28.2. The van der Waals surface area contributed by atoms with Gasteiger partial charge in [0.25, 0.3) is 0 Å². The van der Waals surface area contributed by atoms with Crippen molar-refractivity contribution in [1.29, 1.82) is 0 Å². The zero-order valence-corrected chi connectivity index (χ0v) is 29.0. The lowest BCUT2D eigenvalue weighted by Gasteiger charge is -2.24. The Hall–Kier alpha value is -6.83. The summed E-state index contributed by atoms with van der Waals surface area (Å²) in [5.74, 6) is 2.08. The van der Waals surface area contributed by atoms with E-state index in [4.69, 9.17) is 18.8 Å². The number of para-hydroxylation sites is 3. The highest BCUT2D eigenvalue weighted by Crippen LogP contribution is 2.41. The van der Waals surface area contributed by atoms with E-state index in [2.05, 4.69) is 95.2 Å². The van der Waals surface area contributed by atoms with E-state index in [1.807, 2.05) is 72.8 Å². The molecular weight excluding hydrogens is 673 g/mol. The number of fused-ring (bicyclic) bond motifs is 7. The van der Waals surface area contributed by atoms with Gasteiger partial charge in [0.1, 0.15) is 28.7 Å². The summed E-state index contributed by atoms with van der Waals surface area (Å²) in [5, 5.41) is 8.28. The molecule has 0 saturated heterocycles. The van der Waals surface area contributed by atoms with Gasteiger partial charge in [-0.3, -0.25) is 0 Å². The number of nitrogens with one attached hydrogen (secondary N) is 1. The molecule has 53 heavy (non-hydrogen) atoms. The van der Waals surface area contributed by atoms with Gasteiger partial charge >= 0.3 is 0 Å². The number of oxazole rings is 1. The number of hydrogen-bond acceptors (Lipinski definition) is 7. The predicted molar refractivity (Wildman–Crippen MR) is 217 cm³/mol. The van der Waals surface area contributed by atoms with E-state index >= 15 is 0 Å². The first kappa shape index (κ1) is 29.9. The van der Waals surface area contributed by atoms with Crippen LogP contribution in [-0.2, 0) is 0 Å². The molecule has 1 N–H and O–H groups in total. The molecule has 0 spiro atoms. The normalized spacial score (nSPS) is 14.6. The molecule has 7 aromatic carbocycles. The summed E-state index contributed by atoms with van der Waals surface area (Å²) in [6, 6.07) is 54.1. The summed E-state index contributed by atoms with van der Waals surface area (Å²) in [5.41, 5.74) is 9.64. The molecule has 1 atom stereocenters. The fourth-order valence-electron chi connectivity index (χ4n) is 7.45. The summed E-state index contributed by atoms with van der Waals surface area (Å²) in [6.45, 7) is 0. The maximum atomic E-state index is 6.26. The minimum absolute atomic E-state index is 0.359. The summed E-state index contributed by atoms with van der Waals surface area (Å²) in [6.07, 6.45) is -0.359. The average molecular weight is 701 g/mol. The first-order valence-corrected chi connectivity index (χ1v) is 18.4. The van der Waals surface area contributed by atoms with E-state index in [-0.39, 0.29) is 6.17 Å². The fraction of sp³-hybridized carbons (Fsp3) is 0.0217. The van der Waals surface area contributed by atoms with Gasteiger partial charge < -0.3 is 14.2 Å². The lowest BCUT2D eigenvalue weighted by atomic mass is 10.0. The highest BCUT2D eigenvalue weighted by atomic mass is 32.1. The van der Waals surface area contributed by atoms with Gasteiger partial charge in [0.15, 0.2) is 11.4 Å². The van der Waals surface area contributed by atoms with Gasteiger partial charge in [-0.1, -0.05) is 109 Å². The van der Waals surface area contributed by atoms with Gasteiger partial charge in [0, 0.05) is 53.2 Å². The number of hydrogen-bond donors (Lipinski definition) is 1. The molecule has 10 aromatic rings. The molecule has 0 radical (unpaired) electrons. The average Bonchev–Trinajstić information content (AvgIpc) is 3.94. The SMILES string of the molecule is c1ccc(C2=NC(c3cccc4c3sc3ccc(-c5ccc(-c6nc7ccccc7o6)cc5)cc34)NC(c3cccc4oc5ccccc5c34)=N2)cc1. The van der Waals surface area contributed by atoms with Gasteiger partial charge in [-0.15, -0.1) is 11.3 Å². The van der Waals surface area contributed by atoms with Crippen LogP contribution < -0.4 is 5.32 Å². The molecule has 0 aliphatic carbocycles. The number of aromatic nitrogens is 1. The maximum absolute atomic E-state index is 6.26. The number of furan rings is 1. The van der Waals surface area contributed by atoms with E-state index in [1.54, 1.807) is 11.3 Å². The van der Waals surface area contributed by atoms with Crippen LogP contribution in [0, 0.1) is 0 Å². The lowest BCUT2D eigenvalue weighted by Crippen LogP contribution is -2.33. The second-order valence-electron chi connectivity index (χ2n) is 13.2. The fourth-order valence-corrected chi connectivity index (χ4v) is 8.67. The van der Waals surface area contributed by atoms with Crippen molar-refractivity contribution in [1.82, 2.24) is 10.3 Å². The molecule has 7 heteroatoms. The molecule has 0 bridgehead atoms. The molecule has 1 aliphatic heterocycles. The van der Waals surface area contributed by atoms with E-state index < -0.39 is 0 Å². The molecule has 4 heterocycles. The molecule has 0 amide bonds. The molecule has 0 saturated carbocycles. The topological polar surface area (TPSA) is 75.9 Å². The van der Waals surface area contributed by atoms with Gasteiger partial charge in [-0.2, -0.15) is 0 Å². The second kappa shape index (κ2) is 11.9. The second-order valence-corrected chi connectivity index (χ2v) is 14.3. The Labute approximate surface area is 307 Å². The number of aliphatic imine (C=N–C) groups is 2. The lowest BCUT2D eigenvalue weighted by molar-refractivity contribution is 0.620. The Morgan fingerprint density at radius 1 is 0.547 bits per heavy atom. The smallest absolute Gasteiger partial charge is 0.227 e. The van der Waals surface area contributed by atoms with Crippen molar-refractivity contribution in [2.45, 2.75) is 6.17 Å². The number of rotatable bonds is 5. The molecule has 1 unspecified atom stereocenters. The standard InChI is InChI=1S/C46H28N4O2S/c1-2-10-28(11-3-1)43-48-44(33-14-9-19-39-41(33)32-12-4-6-17-37(32)51-39)50-45(49-43)34-15-8-13-31-35-26-30(24-25-40(35)53-42(31)34)27-20-22-29(23-21-27)46-47-36-16-5-7-18-38(36)52-46/h1-26,45H,(H,48,49,50). The number of amidine groups is 2. The van der Waals surface area contributed by atoms with Crippen molar-refractivity contribution < 1.29 is 8.83 Å². The number of nitrogens with zero attached hydrogens (tertiary/aromatic N) is 3. The van der Waals surface area contributed by atoms with Crippen LogP contribution in [-0.4, -0.2) is 16.7 Å². The van der Waals surface area contributed by atoms with E-state index in [9.17, 15) is 0 Å². The van der Waals surface area contributed by atoms with Crippen molar-refractivity contribution in [2.24, 2.45) is 9.98 Å². The zero-order chi connectivity index (χ0) is 34.9. The van der Waals surface area contributed by atoms with E-state index in [1.165, 1.54) is 20.2 Å². The van der Waals surface area contributed by atoms with Gasteiger partial charge in [-0.25, -0.2) is 15.0 Å². The van der Waals surface area contributed by atoms with E-state index in [0.717, 1.165) is 72.3 Å². The summed E-state index contributed by atoms with van der Waals surface area (Å²) in [7, 11) is 0. The van der Waals surface area contributed by atoms with Crippen molar-refractivity contribution in [2.75, 3.05) is 0 Å². The molecule has 11 rings (SSSR count). The number of thiophene rings is 1. The van der Waals surface area contributed by atoms with Crippen LogP contribution >= 0.6 is 11.3 Å². The minimum Gasteiger partial charge on any atom is -0.456 e. The van der Waals surface area contributed by atoms with Gasteiger partial charge in [0.2, 0.25) is 5.89 Å². The first-order valence-electron chi connectivity index (χ1n) is 17.5. The van der Waals surface area contributed by atoms with Crippen molar-refractivity contribution >= 4 is 76.2 Å². The van der Waals surface area contributed by atoms with Crippen LogP contribution in [0.2, 0.25) is 0 Å². The monoisotopic (exact) mass is 700 g/mol. The summed E-state index contributed by atoms with van der Waals surface area (Å²) < 4.78 is 14.7. The third-order valence-electron chi connectivity index (χ3n) is 10.0. The highest BCUT2D eigenvalue weighted by Gasteiger charge is 2.26. The molecule has 3 aromatic heterocycles. The summed E-state index contributed by atoms with van der Waals surface area (Å²) >= 11 is 1.80. The number of benzene rings is 7. The van der Waals surface area contributed by atoms with Crippen LogP contribution in [0.4, 0.5) is 0 Å². The van der Waals surface area contributed by atoms with Crippen molar-refractivity contribution in [3.8, 4) is 22.6 Å². The van der Waals surface area contributed by atoms with Crippen LogP contribution in [0.1, 0.15) is 22.9 Å². The van der Waals surface area contributed by atoms with Gasteiger partial charge in [-0.05, 0) is 59.7 Å². The third kappa shape index (κ3) is 4.97. The van der Waals surface area contributed by atoms with Crippen molar-refractivity contribution in [3.05, 3.63) is 174 Å². The first-order chi connectivity index (χ1) is 26.2. The van der Waals surface area contributed by atoms with E-state index in [0.29, 0.717) is 11.7 Å². The maximum Gasteiger partial charge on any atom is 0.227 e. The van der Waals surface area contributed by atoms with Crippen LogP contribution in [0.25, 0.3) is 75.8 Å². The predicted octanol–water partition coefficient (Wildman–Crippen LogP) is 11.9. The quantitative estimate of drug-likeness (QED) is 0.194. The molecular formula is C46H28N4O2S. The molecule has 6 nitrogen and oxygen atoms in total. The largest absolute Gasteiger partial charge is 0.456 e. The molecule has 250 valence electrons. The summed E-state index contributed by atoms with van der Waals surface area (Å²) in [4.78, 5) is 15.1. The Morgan fingerprint density at radius 3 is 2.17 bits per heavy atom. The van der Waals surface area contributed by atoms with Crippen LogP contribution in [0.5, 0.6) is 0 Å². The third-order valence-corrected chi connectivity index (χ3v) is 11.2. The Balaban J connectivity index is 0.997. The minimum atomic E-state index is -0.359.